The van der Waals surface area contributed by atoms with Crippen LogP contribution in [0.25, 0.3) is 10.2 Å². The summed E-state index contributed by atoms with van der Waals surface area (Å²) < 4.78 is 53.3. The molecule has 6 rings (SSSR count). The Labute approximate surface area is 261 Å². The number of benzene rings is 4. The highest BCUT2D eigenvalue weighted by molar-refractivity contribution is 7.96. The van der Waals surface area contributed by atoms with Gasteiger partial charge in [-0.3, -0.25) is 0 Å². The van der Waals surface area contributed by atoms with Gasteiger partial charge in [-0.25, -0.2) is 13.4 Å². The molecule has 0 unspecified atom stereocenters. The Morgan fingerprint density at radius 2 is 1.32 bits per heavy atom. The van der Waals surface area contributed by atoms with E-state index in [1.165, 1.54) is 5.41 Å². The van der Waals surface area contributed by atoms with Gasteiger partial charge in [0.1, 0.15) is 11.9 Å². The molecule has 4 aromatic carbocycles. The number of aromatic nitrogens is 1. The lowest BCUT2D eigenvalue weighted by Crippen LogP contribution is -2.49. The fourth-order valence-electron chi connectivity index (χ4n) is 5.04. The Bertz CT molecular complexity index is 1740. The van der Waals surface area contributed by atoms with Crippen LogP contribution in [0.15, 0.2) is 131 Å². The fraction of sp³-hybridized carbons (Fsp3) is 0.229. The first-order chi connectivity index (χ1) is 21.5. The second-order valence-electron chi connectivity index (χ2n) is 10.5. The second kappa shape index (κ2) is 14.3. The van der Waals surface area contributed by atoms with Crippen LogP contribution < -0.4 is 0 Å². The van der Waals surface area contributed by atoms with Gasteiger partial charge in [0, 0.05) is 6.42 Å². The van der Waals surface area contributed by atoms with Crippen LogP contribution in [0, 0.1) is 0 Å². The highest BCUT2D eigenvalue weighted by Gasteiger charge is 2.40. The second-order valence-corrected chi connectivity index (χ2v) is 13.5. The summed E-state index contributed by atoms with van der Waals surface area (Å²) in [7, 11) is -3.89. The molecule has 226 valence electrons. The van der Waals surface area contributed by atoms with E-state index in [9.17, 15) is 8.42 Å². The van der Waals surface area contributed by atoms with Crippen LogP contribution in [0.2, 0.25) is 0 Å². The average Bonchev–Trinajstić information content (AvgIpc) is 3.50. The molecule has 0 radical (unpaired) electrons. The third-order valence-corrected chi connectivity index (χ3v) is 10.2. The molecule has 2 heterocycles. The van der Waals surface area contributed by atoms with Crippen molar-refractivity contribution < 1.29 is 27.4 Å². The van der Waals surface area contributed by atoms with Crippen molar-refractivity contribution in [3.8, 4) is 0 Å². The molecule has 7 nitrogen and oxygen atoms in total. The van der Waals surface area contributed by atoms with Crippen LogP contribution in [-0.2, 0) is 48.6 Å². The van der Waals surface area contributed by atoms with Gasteiger partial charge in [0.2, 0.25) is 14.2 Å². The molecular weight excluding hydrogens is 595 g/mol. The van der Waals surface area contributed by atoms with Crippen LogP contribution in [0.4, 0.5) is 0 Å². The minimum absolute atomic E-state index is 0.0240. The van der Waals surface area contributed by atoms with Crippen molar-refractivity contribution in [2.45, 2.75) is 48.9 Å². The van der Waals surface area contributed by atoms with E-state index in [4.69, 9.17) is 18.9 Å². The number of hydrogen-bond acceptors (Lipinski definition) is 8. The lowest BCUT2D eigenvalue weighted by atomic mass is 10.00. The molecule has 0 N–H and O–H groups in total. The molecule has 44 heavy (non-hydrogen) atoms. The quantitative estimate of drug-likeness (QED) is 0.146. The number of thiazole rings is 1. The number of fused-ring (bicyclic) bond motifs is 1. The molecule has 1 aliphatic heterocycles. The number of ether oxygens (including phenoxy) is 4. The molecule has 0 bridgehead atoms. The summed E-state index contributed by atoms with van der Waals surface area (Å²) in [6.45, 7) is 1.24. The fourth-order valence-corrected chi connectivity index (χ4v) is 7.44. The molecule has 1 fully saturated rings. The zero-order valence-corrected chi connectivity index (χ0v) is 25.7. The van der Waals surface area contributed by atoms with Crippen molar-refractivity contribution in [3.05, 3.63) is 143 Å². The van der Waals surface area contributed by atoms with Crippen LogP contribution >= 0.6 is 11.3 Å². The summed E-state index contributed by atoms with van der Waals surface area (Å²) in [6.07, 6.45) is -1.41. The first-order valence-corrected chi connectivity index (χ1v) is 16.8. The molecule has 1 saturated heterocycles. The van der Waals surface area contributed by atoms with Gasteiger partial charge in [-0.2, -0.15) is 0 Å². The predicted molar refractivity (Wildman–Crippen MR) is 171 cm³/mol. The van der Waals surface area contributed by atoms with Gasteiger partial charge in [0.15, 0.2) is 6.10 Å². The van der Waals surface area contributed by atoms with Crippen molar-refractivity contribution >= 4 is 31.4 Å². The third-order valence-electron chi connectivity index (χ3n) is 7.23. The first-order valence-electron chi connectivity index (χ1n) is 14.4. The molecule has 0 aliphatic carbocycles. The van der Waals surface area contributed by atoms with E-state index in [0.717, 1.165) is 32.7 Å². The van der Waals surface area contributed by atoms with Crippen LogP contribution in [0.5, 0.6) is 0 Å². The summed E-state index contributed by atoms with van der Waals surface area (Å²) in [5.74, 6) is 0.287. The number of rotatable bonds is 12. The Hall–Kier alpha value is -3.86. The van der Waals surface area contributed by atoms with Gasteiger partial charge in [-0.15, -0.1) is 11.3 Å². The Balaban J connectivity index is 1.28. The maximum atomic E-state index is 13.5. The Morgan fingerprint density at radius 3 is 1.95 bits per heavy atom. The predicted octanol–water partition coefficient (Wildman–Crippen LogP) is 7.09. The zero-order chi connectivity index (χ0) is 30.2. The first kappa shape index (κ1) is 30.2. The number of hydrogen-bond donors (Lipinski definition) is 0. The lowest BCUT2D eigenvalue weighted by Gasteiger charge is -2.39. The summed E-state index contributed by atoms with van der Waals surface area (Å²) >= 11 is 1.14. The van der Waals surface area contributed by atoms with Crippen LogP contribution in [0.3, 0.4) is 0 Å². The van der Waals surface area contributed by atoms with Crippen molar-refractivity contribution in [1.29, 1.82) is 0 Å². The van der Waals surface area contributed by atoms with Crippen LogP contribution in [0.1, 0.15) is 23.1 Å². The minimum Gasteiger partial charge on any atom is -0.489 e. The lowest BCUT2D eigenvalue weighted by molar-refractivity contribution is -0.178. The smallest absolute Gasteiger partial charge is 0.230 e. The molecule has 0 saturated carbocycles. The third kappa shape index (κ3) is 7.80. The molecular formula is C35H33NO6S2. The number of para-hydroxylation sites is 1. The monoisotopic (exact) mass is 627 g/mol. The molecule has 0 spiro atoms. The molecule has 1 aromatic heterocycles. The number of sulfone groups is 1. The van der Waals surface area contributed by atoms with Crippen molar-refractivity contribution in [2.24, 2.45) is 0 Å². The number of nitrogens with zero attached hydrogens (tertiary/aromatic N) is 1. The maximum absolute atomic E-state index is 13.5. The van der Waals surface area contributed by atoms with Gasteiger partial charge >= 0.3 is 0 Å². The van der Waals surface area contributed by atoms with E-state index < -0.39 is 28.1 Å². The molecule has 5 aromatic rings. The SMILES string of the molecule is O=S(=O)(/C=C1/C[C@@H](OCc2ccccc2)[C@H](OCc2ccccc2)[C@@H](COCc2ccccc2)O1)c1nc2ccccc2s1. The van der Waals surface area contributed by atoms with E-state index in [0.29, 0.717) is 25.3 Å². The molecule has 1 aliphatic rings. The standard InChI is InChI=1S/C35H33NO6S2/c37-44(38,35-36-30-18-10-11-19-33(30)43-35)25-29-20-31(40-22-27-14-6-2-7-15-27)34(41-23-28-16-8-3-9-17-28)32(42-29)24-39-21-26-12-4-1-5-13-26/h1-19,25,31-32,34H,20-24H2/b29-25-/t31-,32-,34+/m1/s1. The molecule has 3 atom stereocenters. The largest absolute Gasteiger partial charge is 0.489 e. The van der Waals surface area contributed by atoms with Crippen molar-refractivity contribution in [1.82, 2.24) is 4.98 Å². The van der Waals surface area contributed by atoms with E-state index in [2.05, 4.69) is 4.98 Å². The normalized spacial score (nSPS) is 19.6. The zero-order valence-electron chi connectivity index (χ0n) is 24.0. The van der Waals surface area contributed by atoms with E-state index in [-0.39, 0.29) is 23.1 Å². The van der Waals surface area contributed by atoms with Crippen LogP contribution in [-0.4, -0.2) is 38.3 Å². The van der Waals surface area contributed by atoms with Gasteiger partial charge in [-0.05, 0) is 28.8 Å². The topological polar surface area (TPSA) is 84.0 Å². The van der Waals surface area contributed by atoms with Gasteiger partial charge in [-0.1, -0.05) is 103 Å². The van der Waals surface area contributed by atoms with Gasteiger partial charge < -0.3 is 18.9 Å². The van der Waals surface area contributed by atoms with Gasteiger partial charge in [0.25, 0.3) is 0 Å². The highest BCUT2D eigenvalue weighted by Crippen LogP contribution is 2.33. The Kier molecular flexibility index (Phi) is 9.80. The van der Waals surface area contributed by atoms with Crippen molar-refractivity contribution in [2.75, 3.05) is 6.61 Å². The van der Waals surface area contributed by atoms with Crippen molar-refractivity contribution in [3.63, 3.8) is 0 Å². The average molecular weight is 628 g/mol. The minimum atomic E-state index is -3.89. The summed E-state index contributed by atoms with van der Waals surface area (Å²) in [5.41, 5.74) is 3.68. The molecule has 0 amide bonds. The van der Waals surface area contributed by atoms with E-state index in [1.54, 1.807) is 6.07 Å². The van der Waals surface area contributed by atoms with E-state index in [1.807, 2.05) is 109 Å². The van der Waals surface area contributed by atoms with E-state index >= 15 is 0 Å². The van der Waals surface area contributed by atoms with Gasteiger partial charge in [0.05, 0.1) is 48.2 Å². The molecule has 9 heteroatoms. The highest BCUT2D eigenvalue weighted by atomic mass is 32.2. The summed E-state index contributed by atoms with van der Waals surface area (Å²) in [5, 5.41) is 1.18. The Morgan fingerprint density at radius 1 is 0.750 bits per heavy atom. The summed E-state index contributed by atoms with van der Waals surface area (Å²) in [4.78, 5) is 4.37. The maximum Gasteiger partial charge on any atom is 0.230 e. The summed E-state index contributed by atoms with van der Waals surface area (Å²) in [6, 6.07) is 37.0.